The van der Waals surface area contributed by atoms with Crippen LogP contribution in [-0.4, -0.2) is 46.4 Å². The number of amides is 1. The first-order chi connectivity index (χ1) is 12.6. The van der Waals surface area contributed by atoms with E-state index < -0.39 is 0 Å². The SMILES string of the molecule is Cc1ccc2c(c1)[C@@H]1CN(C)CC[C@@H]1N2C(=O)c1ccc2nccn2c1. The summed E-state index contributed by atoms with van der Waals surface area (Å²) in [4.78, 5) is 22.2. The second kappa shape index (κ2) is 5.68. The summed E-state index contributed by atoms with van der Waals surface area (Å²) in [5.74, 6) is 0.479. The summed E-state index contributed by atoms with van der Waals surface area (Å²) < 4.78 is 1.91. The van der Waals surface area contributed by atoms with E-state index in [4.69, 9.17) is 0 Å². The lowest BCUT2D eigenvalue weighted by molar-refractivity contribution is 0.0964. The Morgan fingerprint density at radius 2 is 2.12 bits per heavy atom. The number of imidazole rings is 1. The van der Waals surface area contributed by atoms with E-state index in [2.05, 4.69) is 42.1 Å². The molecule has 2 aliphatic heterocycles. The van der Waals surface area contributed by atoms with Crippen molar-refractivity contribution in [3.8, 4) is 0 Å². The molecule has 5 nitrogen and oxygen atoms in total. The summed E-state index contributed by atoms with van der Waals surface area (Å²) in [5.41, 5.74) is 5.22. The van der Waals surface area contributed by atoms with Gasteiger partial charge in [0.05, 0.1) is 5.56 Å². The molecule has 1 amide bonds. The Morgan fingerprint density at radius 1 is 1.23 bits per heavy atom. The van der Waals surface area contributed by atoms with Gasteiger partial charge in [-0.3, -0.25) is 4.79 Å². The van der Waals surface area contributed by atoms with Gasteiger partial charge >= 0.3 is 0 Å². The van der Waals surface area contributed by atoms with Crippen LogP contribution in [0.15, 0.2) is 48.9 Å². The van der Waals surface area contributed by atoms with Crippen LogP contribution in [0.4, 0.5) is 5.69 Å². The van der Waals surface area contributed by atoms with Crippen LogP contribution in [0.25, 0.3) is 5.65 Å². The van der Waals surface area contributed by atoms with Gasteiger partial charge in [0.25, 0.3) is 5.91 Å². The molecule has 2 aliphatic rings. The first-order valence-corrected chi connectivity index (χ1v) is 9.17. The molecule has 5 rings (SSSR count). The van der Waals surface area contributed by atoms with Crippen LogP contribution in [0.3, 0.4) is 0 Å². The third kappa shape index (κ3) is 2.27. The number of hydrogen-bond acceptors (Lipinski definition) is 3. The van der Waals surface area contributed by atoms with Crippen LogP contribution < -0.4 is 4.90 Å². The third-order valence-electron chi connectivity index (χ3n) is 5.81. The average Bonchev–Trinajstić information content (AvgIpc) is 3.22. The number of likely N-dealkylation sites (N-methyl/N-ethyl adjacent to an activating group) is 1. The second-order valence-corrected chi connectivity index (χ2v) is 7.57. The van der Waals surface area contributed by atoms with Crippen LogP contribution in [0.1, 0.15) is 33.8 Å². The fourth-order valence-electron chi connectivity index (χ4n) is 4.53. The highest BCUT2D eigenvalue weighted by Crippen LogP contribution is 2.45. The van der Waals surface area contributed by atoms with E-state index in [0.717, 1.165) is 30.8 Å². The Kier molecular flexibility index (Phi) is 3.40. The Hall–Kier alpha value is -2.66. The summed E-state index contributed by atoms with van der Waals surface area (Å²) in [6, 6.07) is 10.5. The van der Waals surface area contributed by atoms with E-state index in [1.54, 1.807) is 6.20 Å². The molecule has 1 saturated heterocycles. The number of piperidine rings is 1. The van der Waals surface area contributed by atoms with Gasteiger partial charge in [0.2, 0.25) is 0 Å². The zero-order valence-corrected chi connectivity index (χ0v) is 15.1. The lowest BCUT2D eigenvalue weighted by Crippen LogP contribution is -2.47. The number of pyridine rings is 1. The van der Waals surface area contributed by atoms with Crippen molar-refractivity contribution < 1.29 is 4.79 Å². The van der Waals surface area contributed by atoms with Gasteiger partial charge in [0.15, 0.2) is 0 Å². The van der Waals surface area contributed by atoms with Crippen molar-refractivity contribution in [1.82, 2.24) is 14.3 Å². The molecule has 0 bridgehead atoms. The first-order valence-electron chi connectivity index (χ1n) is 9.17. The standard InChI is InChI=1S/C21H22N4O/c1-14-3-5-18-16(11-14)17-13-23(2)9-7-19(17)25(18)21(26)15-4-6-20-22-8-10-24(20)12-15/h3-6,8,10-12,17,19H,7,9,13H2,1-2H3/t17-,19-/m0/s1. The monoisotopic (exact) mass is 346 g/mol. The third-order valence-corrected chi connectivity index (χ3v) is 5.81. The number of carbonyl (C=O) groups excluding carboxylic acids is 1. The summed E-state index contributed by atoms with van der Waals surface area (Å²) in [5, 5.41) is 0. The maximum Gasteiger partial charge on any atom is 0.260 e. The van der Waals surface area contributed by atoms with Crippen molar-refractivity contribution >= 4 is 17.2 Å². The van der Waals surface area contributed by atoms with Gasteiger partial charge in [0, 0.05) is 42.8 Å². The number of fused-ring (bicyclic) bond motifs is 4. The Bertz CT molecular complexity index is 1010. The predicted molar refractivity (Wildman–Crippen MR) is 102 cm³/mol. The molecule has 2 atom stereocenters. The number of aryl methyl sites for hydroxylation is 1. The minimum atomic E-state index is 0.0859. The summed E-state index contributed by atoms with van der Waals surface area (Å²) in [7, 11) is 2.17. The number of rotatable bonds is 1. The first kappa shape index (κ1) is 15.6. The van der Waals surface area contributed by atoms with Gasteiger partial charge < -0.3 is 14.2 Å². The van der Waals surface area contributed by atoms with E-state index >= 15 is 0 Å². The van der Waals surface area contributed by atoms with Gasteiger partial charge in [-0.05, 0) is 50.7 Å². The lowest BCUT2D eigenvalue weighted by Gasteiger charge is -2.36. The average molecular weight is 346 g/mol. The highest BCUT2D eigenvalue weighted by atomic mass is 16.2. The van der Waals surface area contributed by atoms with E-state index in [1.165, 1.54) is 11.1 Å². The number of likely N-dealkylation sites (tertiary alicyclic amines) is 1. The van der Waals surface area contributed by atoms with Crippen LogP contribution in [0.2, 0.25) is 0 Å². The molecule has 0 spiro atoms. The Morgan fingerprint density at radius 3 is 3.00 bits per heavy atom. The molecule has 26 heavy (non-hydrogen) atoms. The van der Waals surface area contributed by atoms with Crippen molar-refractivity contribution in [2.75, 3.05) is 25.0 Å². The highest BCUT2D eigenvalue weighted by molar-refractivity contribution is 6.08. The topological polar surface area (TPSA) is 40.8 Å². The smallest absolute Gasteiger partial charge is 0.260 e. The zero-order valence-electron chi connectivity index (χ0n) is 15.1. The van der Waals surface area contributed by atoms with Crippen molar-refractivity contribution in [3.05, 3.63) is 65.6 Å². The van der Waals surface area contributed by atoms with Gasteiger partial charge in [-0.1, -0.05) is 17.7 Å². The molecule has 3 aromatic rings. The number of nitrogens with zero attached hydrogens (tertiary/aromatic N) is 4. The second-order valence-electron chi connectivity index (χ2n) is 7.57. The van der Waals surface area contributed by atoms with Gasteiger partial charge in [0.1, 0.15) is 5.65 Å². The van der Waals surface area contributed by atoms with E-state index in [0.29, 0.717) is 11.5 Å². The molecular weight excluding hydrogens is 324 g/mol. The summed E-state index contributed by atoms with van der Waals surface area (Å²) in [6.45, 7) is 4.16. The number of benzene rings is 1. The molecule has 4 heterocycles. The van der Waals surface area contributed by atoms with Crippen molar-refractivity contribution in [2.45, 2.75) is 25.3 Å². The lowest BCUT2D eigenvalue weighted by atomic mass is 9.89. The fourth-order valence-corrected chi connectivity index (χ4v) is 4.53. The molecule has 0 saturated carbocycles. The minimum Gasteiger partial charge on any atom is -0.306 e. The van der Waals surface area contributed by atoms with Crippen LogP contribution in [0, 0.1) is 6.92 Å². The molecule has 5 heteroatoms. The Labute approximate surface area is 152 Å². The number of hydrogen-bond donors (Lipinski definition) is 0. The van der Waals surface area contributed by atoms with Crippen LogP contribution >= 0.6 is 0 Å². The normalized spacial score (nSPS) is 22.5. The van der Waals surface area contributed by atoms with Gasteiger partial charge in [-0.25, -0.2) is 4.98 Å². The zero-order chi connectivity index (χ0) is 17.8. The molecule has 0 unspecified atom stereocenters. The van der Waals surface area contributed by atoms with Crippen molar-refractivity contribution in [3.63, 3.8) is 0 Å². The van der Waals surface area contributed by atoms with Crippen molar-refractivity contribution in [2.24, 2.45) is 0 Å². The fraction of sp³-hybridized carbons (Fsp3) is 0.333. The largest absolute Gasteiger partial charge is 0.306 e. The van der Waals surface area contributed by atoms with E-state index in [1.807, 2.05) is 33.8 Å². The van der Waals surface area contributed by atoms with E-state index in [-0.39, 0.29) is 11.9 Å². The van der Waals surface area contributed by atoms with Gasteiger partial charge in [-0.2, -0.15) is 0 Å². The molecule has 0 aliphatic carbocycles. The summed E-state index contributed by atoms with van der Waals surface area (Å²) in [6.07, 6.45) is 6.53. The number of aromatic nitrogens is 2. The Balaban J connectivity index is 1.59. The maximum absolute atomic E-state index is 13.5. The molecule has 0 radical (unpaired) electrons. The van der Waals surface area contributed by atoms with Crippen LogP contribution in [0.5, 0.6) is 0 Å². The molecule has 2 aromatic heterocycles. The van der Waals surface area contributed by atoms with Crippen molar-refractivity contribution in [1.29, 1.82) is 0 Å². The quantitative estimate of drug-likeness (QED) is 0.680. The molecule has 0 N–H and O–H groups in total. The molecule has 132 valence electrons. The molecule has 1 fully saturated rings. The number of carbonyl (C=O) groups is 1. The molecular formula is C21H22N4O. The van der Waals surface area contributed by atoms with E-state index in [9.17, 15) is 4.79 Å². The minimum absolute atomic E-state index is 0.0859. The molecule has 1 aromatic carbocycles. The predicted octanol–water partition coefficient (Wildman–Crippen LogP) is 3.09. The van der Waals surface area contributed by atoms with Gasteiger partial charge in [-0.15, -0.1) is 0 Å². The maximum atomic E-state index is 13.5. The highest BCUT2D eigenvalue weighted by Gasteiger charge is 2.44. The summed E-state index contributed by atoms with van der Waals surface area (Å²) >= 11 is 0. The number of anilines is 1. The van der Waals surface area contributed by atoms with Crippen LogP contribution in [-0.2, 0) is 0 Å².